The Balaban J connectivity index is 0.000000268. The summed E-state index contributed by atoms with van der Waals surface area (Å²) in [5, 5.41) is 35.7. The van der Waals surface area contributed by atoms with E-state index in [1.165, 1.54) is 44.9 Å². The van der Waals surface area contributed by atoms with Crippen LogP contribution in [0, 0.1) is 17.3 Å². The number of cyclic esters (lactones) is 1. The van der Waals surface area contributed by atoms with Crippen LogP contribution in [0.5, 0.6) is 5.75 Å². The molecule has 2 fully saturated rings. The minimum Gasteiger partial charge on any atom is -0.458 e. The Morgan fingerprint density at radius 3 is 2.24 bits per heavy atom. The van der Waals surface area contributed by atoms with Crippen LogP contribution in [0.1, 0.15) is 116 Å². The van der Waals surface area contributed by atoms with Crippen molar-refractivity contribution in [3.05, 3.63) is 56.9 Å². The highest BCUT2D eigenvalue weighted by Gasteiger charge is 2.46. The SMILES string of the molecule is CCc1c2c(nc3ccc(OC(=O)N4CCC(N5CCCCC5)CC4)cc13)-c1cc3c(c(=O)n1C2)COC(=O)[C@]3(O)CC.CNC(=O)[C@@H](NC(=O)[C@H](CC(C)C)[C@H](O)C(=O)NO)C(C)(C)C. The number of carbonyl (C=O) groups excluding carboxylic acids is 5. The highest BCUT2D eigenvalue weighted by Crippen LogP contribution is 2.41. The predicted molar refractivity (Wildman–Crippen MR) is 244 cm³/mol. The van der Waals surface area contributed by atoms with Crippen LogP contribution in [0.25, 0.3) is 22.3 Å². The number of hydrogen-bond donors (Lipinski definition) is 6. The summed E-state index contributed by atoms with van der Waals surface area (Å²) in [5.41, 5.74) is 3.17. The Morgan fingerprint density at radius 1 is 0.970 bits per heavy atom. The first kappa shape index (κ1) is 50.0. The second-order valence-electron chi connectivity index (χ2n) is 19.3. The van der Waals surface area contributed by atoms with Crippen molar-refractivity contribution in [2.75, 3.05) is 33.2 Å². The number of nitrogens with one attached hydrogen (secondary N) is 3. The zero-order chi connectivity index (χ0) is 48.2. The Morgan fingerprint density at radius 2 is 1.65 bits per heavy atom. The summed E-state index contributed by atoms with van der Waals surface area (Å²) >= 11 is 0. The predicted octanol–water partition coefficient (Wildman–Crippen LogP) is 3.88. The quantitative estimate of drug-likeness (QED) is 0.0712. The average molecular weight is 918 g/mol. The van der Waals surface area contributed by atoms with Gasteiger partial charge in [-0.15, -0.1) is 0 Å². The van der Waals surface area contributed by atoms with E-state index in [0.717, 1.165) is 34.9 Å². The molecular weight excluding hydrogens is 851 g/mol. The van der Waals surface area contributed by atoms with Crippen molar-refractivity contribution in [3.8, 4) is 17.1 Å². The van der Waals surface area contributed by atoms with Crippen LogP contribution in [0.4, 0.5) is 4.79 Å². The number of likely N-dealkylation sites (N-methyl/N-ethyl adjacent to an activating group) is 1. The summed E-state index contributed by atoms with van der Waals surface area (Å²) < 4.78 is 12.7. The largest absolute Gasteiger partial charge is 0.458 e. The lowest BCUT2D eigenvalue weighted by molar-refractivity contribution is -0.172. The number of fused-ring (bicyclic) bond motifs is 5. The minimum atomic E-state index is -1.86. The first-order valence-corrected chi connectivity index (χ1v) is 23.2. The maximum Gasteiger partial charge on any atom is 0.415 e. The summed E-state index contributed by atoms with van der Waals surface area (Å²) in [6, 6.07) is 6.95. The van der Waals surface area contributed by atoms with Crippen LogP contribution < -0.4 is 26.4 Å². The number of carbonyl (C=O) groups is 5. The van der Waals surface area contributed by atoms with Crippen molar-refractivity contribution in [2.45, 2.75) is 137 Å². The molecule has 4 amide bonds. The monoisotopic (exact) mass is 917 g/mol. The number of hydroxylamine groups is 1. The van der Waals surface area contributed by atoms with Gasteiger partial charge in [-0.3, -0.25) is 24.4 Å². The van der Waals surface area contributed by atoms with Crippen LogP contribution in [0.15, 0.2) is 29.1 Å². The molecule has 18 heteroatoms. The third kappa shape index (κ3) is 10.3. The Labute approximate surface area is 385 Å². The molecule has 0 unspecified atom stereocenters. The standard InChI is InChI=1S/C33H38N4O6.C15H29N3O5/c1-3-22-23-16-21(43-32(40)36-14-10-20(11-15-36)35-12-6-5-7-13-35)8-9-27(23)34-29-24(22)18-37-28(29)17-26-25(30(37)38)19-42-31(39)33(26,41)4-2;1-8(2)7-9(10(19)13(21)18-23)12(20)17-11(14(22)16-6)15(3,4)5/h8-9,16-17,20,41H,3-7,10-15,18-19H2,1-2H3;8-11,19,23H,7H2,1-6H3,(H,16,22)(H,17,20)(H,18,21)/t33-;9-,10+,11-/m01/s1. The molecule has 0 spiro atoms. The van der Waals surface area contributed by atoms with Crippen molar-refractivity contribution < 1.29 is 48.9 Å². The molecule has 4 aliphatic rings. The number of aryl methyl sites for hydroxylation is 1. The van der Waals surface area contributed by atoms with Crippen LogP contribution in [0.3, 0.4) is 0 Å². The van der Waals surface area contributed by atoms with Gasteiger partial charge in [-0.25, -0.2) is 20.1 Å². The van der Waals surface area contributed by atoms with Gasteiger partial charge in [0.15, 0.2) is 5.60 Å². The number of pyridine rings is 2. The number of benzene rings is 1. The fourth-order valence-corrected chi connectivity index (χ4v) is 9.68. The van der Waals surface area contributed by atoms with Gasteiger partial charge in [-0.2, -0.15) is 0 Å². The molecule has 1 aromatic carbocycles. The van der Waals surface area contributed by atoms with Crippen LogP contribution in [-0.4, -0.2) is 116 Å². The average Bonchev–Trinajstić information content (AvgIpc) is 3.68. The molecule has 0 radical (unpaired) electrons. The van der Waals surface area contributed by atoms with Gasteiger partial charge in [0, 0.05) is 42.7 Å². The van der Waals surface area contributed by atoms with Crippen LogP contribution in [-0.2, 0) is 49.1 Å². The Hall–Kier alpha value is -5.43. The summed E-state index contributed by atoms with van der Waals surface area (Å²) in [5.74, 6) is -3.35. The van der Waals surface area contributed by atoms with E-state index in [1.807, 2.05) is 30.9 Å². The maximum atomic E-state index is 13.6. The van der Waals surface area contributed by atoms with Crippen molar-refractivity contribution in [1.82, 2.24) is 35.5 Å². The van der Waals surface area contributed by atoms with Gasteiger partial charge < -0.3 is 44.7 Å². The normalized spacial score (nSPS) is 19.9. The fourth-order valence-electron chi connectivity index (χ4n) is 9.68. The van der Waals surface area contributed by atoms with E-state index in [-0.39, 0.29) is 42.9 Å². The van der Waals surface area contributed by atoms with Gasteiger partial charge in [0.05, 0.1) is 34.9 Å². The third-order valence-corrected chi connectivity index (χ3v) is 13.4. The molecule has 66 heavy (non-hydrogen) atoms. The minimum absolute atomic E-state index is 0.0278. The van der Waals surface area contributed by atoms with E-state index in [4.69, 9.17) is 19.7 Å². The van der Waals surface area contributed by atoms with Crippen molar-refractivity contribution >= 4 is 40.7 Å². The summed E-state index contributed by atoms with van der Waals surface area (Å²) in [4.78, 5) is 84.5. The number of piperidine rings is 2. The second kappa shape index (κ2) is 20.6. The number of aromatic nitrogens is 2. The van der Waals surface area contributed by atoms with Gasteiger partial charge in [0.25, 0.3) is 11.5 Å². The highest BCUT2D eigenvalue weighted by atomic mass is 16.6. The highest BCUT2D eigenvalue weighted by molar-refractivity contribution is 5.93. The number of aliphatic hydroxyl groups excluding tert-OH is 1. The van der Waals surface area contributed by atoms with Gasteiger partial charge in [0.2, 0.25) is 11.8 Å². The number of hydrogen-bond acceptors (Lipinski definition) is 13. The zero-order valence-electron chi connectivity index (χ0n) is 39.5. The van der Waals surface area contributed by atoms with E-state index >= 15 is 0 Å². The van der Waals surface area contributed by atoms with E-state index in [0.29, 0.717) is 60.4 Å². The number of esters is 1. The molecule has 18 nitrogen and oxygen atoms in total. The lowest BCUT2D eigenvalue weighted by Crippen LogP contribution is -2.56. The number of nitrogens with zero attached hydrogens (tertiary/aromatic N) is 4. The molecule has 4 aliphatic heterocycles. The van der Waals surface area contributed by atoms with E-state index < -0.39 is 46.9 Å². The molecule has 7 rings (SSSR count). The first-order chi connectivity index (χ1) is 31.3. The molecule has 3 aromatic rings. The number of aliphatic hydroxyl groups is 2. The lowest BCUT2D eigenvalue weighted by atomic mass is 9.84. The molecular formula is C48H67N7O11. The van der Waals surface area contributed by atoms with Gasteiger partial charge in [-0.05, 0) is 99.2 Å². The molecule has 0 saturated carbocycles. The summed E-state index contributed by atoms with van der Waals surface area (Å²) in [6.07, 6.45) is 4.79. The van der Waals surface area contributed by atoms with Gasteiger partial charge in [-0.1, -0.05) is 54.9 Å². The molecule has 2 aromatic heterocycles. The molecule has 2 saturated heterocycles. The zero-order valence-corrected chi connectivity index (χ0v) is 39.5. The maximum absolute atomic E-state index is 13.6. The van der Waals surface area contributed by atoms with E-state index in [2.05, 4.69) is 22.5 Å². The summed E-state index contributed by atoms with van der Waals surface area (Å²) in [7, 11) is 1.47. The molecule has 6 N–H and O–H groups in total. The molecule has 0 bridgehead atoms. The fraction of sp³-hybridized carbons (Fsp3) is 0.604. The molecule has 4 atom stereocenters. The first-order valence-electron chi connectivity index (χ1n) is 23.2. The number of likely N-dealkylation sites (tertiary alicyclic amines) is 2. The number of amides is 4. The van der Waals surface area contributed by atoms with E-state index in [9.17, 15) is 39.0 Å². The third-order valence-electron chi connectivity index (χ3n) is 13.4. The van der Waals surface area contributed by atoms with Gasteiger partial charge in [0.1, 0.15) is 24.5 Å². The summed E-state index contributed by atoms with van der Waals surface area (Å²) in [6.45, 7) is 16.7. The molecule has 0 aliphatic carbocycles. The van der Waals surface area contributed by atoms with Crippen molar-refractivity contribution in [1.29, 1.82) is 0 Å². The Bertz CT molecular complexity index is 2380. The molecule has 6 heterocycles. The second-order valence-corrected chi connectivity index (χ2v) is 19.3. The van der Waals surface area contributed by atoms with Crippen molar-refractivity contribution in [2.24, 2.45) is 17.3 Å². The van der Waals surface area contributed by atoms with E-state index in [1.54, 1.807) is 44.4 Å². The van der Waals surface area contributed by atoms with Crippen LogP contribution in [0.2, 0.25) is 0 Å². The Kier molecular flexibility index (Phi) is 15.6. The smallest absolute Gasteiger partial charge is 0.415 e. The number of ether oxygens (including phenoxy) is 2. The van der Waals surface area contributed by atoms with Crippen molar-refractivity contribution in [3.63, 3.8) is 0 Å². The topological polar surface area (TPSA) is 242 Å². The molecule has 360 valence electrons. The van der Waals surface area contributed by atoms with Crippen LogP contribution >= 0.6 is 0 Å². The lowest BCUT2D eigenvalue weighted by Gasteiger charge is -2.39. The van der Waals surface area contributed by atoms with Gasteiger partial charge >= 0.3 is 12.1 Å². The number of rotatable bonds is 11.